The molecule has 0 radical (unpaired) electrons. The summed E-state index contributed by atoms with van der Waals surface area (Å²) in [6.45, 7) is 0.879. The summed E-state index contributed by atoms with van der Waals surface area (Å²) >= 11 is 0. The van der Waals surface area contributed by atoms with E-state index in [2.05, 4.69) is 10.3 Å². The smallest absolute Gasteiger partial charge is 0.211 e. The minimum Gasteiger partial charge on any atom is -0.447 e. The SMILES string of the molecule is CO[C@@H]1CN[C@H](c2ncco2)C1. The van der Waals surface area contributed by atoms with Crippen molar-refractivity contribution in [2.45, 2.75) is 18.6 Å². The lowest BCUT2D eigenvalue weighted by atomic mass is 10.2. The fourth-order valence-electron chi connectivity index (χ4n) is 1.48. The van der Waals surface area contributed by atoms with Gasteiger partial charge in [-0.25, -0.2) is 4.98 Å². The number of nitrogens with zero attached hydrogens (tertiary/aromatic N) is 1. The Morgan fingerprint density at radius 2 is 2.67 bits per heavy atom. The first kappa shape index (κ1) is 7.76. The minimum absolute atomic E-state index is 0.227. The standard InChI is InChI=1S/C8H12N2O2/c1-11-6-4-7(10-5-6)8-9-2-3-12-8/h2-3,6-7,10H,4-5H2,1H3/t6-,7-/m0/s1. The van der Waals surface area contributed by atoms with Crippen molar-refractivity contribution >= 4 is 0 Å². The molecular formula is C8H12N2O2. The van der Waals surface area contributed by atoms with Gasteiger partial charge in [0.1, 0.15) is 6.26 Å². The Hall–Kier alpha value is -0.870. The summed E-state index contributed by atoms with van der Waals surface area (Å²) in [5.74, 6) is 0.759. The van der Waals surface area contributed by atoms with E-state index in [-0.39, 0.29) is 6.04 Å². The highest BCUT2D eigenvalue weighted by Gasteiger charge is 2.27. The molecule has 66 valence electrons. The van der Waals surface area contributed by atoms with Gasteiger partial charge < -0.3 is 14.5 Å². The van der Waals surface area contributed by atoms with E-state index in [9.17, 15) is 0 Å². The van der Waals surface area contributed by atoms with Crippen molar-refractivity contribution < 1.29 is 9.15 Å². The third-order valence-corrected chi connectivity index (χ3v) is 2.17. The van der Waals surface area contributed by atoms with E-state index < -0.39 is 0 Å². The molecule has 4 heteroatoms. The Morgan fingerprint density at radius 3 is 3.25 bits per heavy atom. The Bertz CT molecular complexity index is 235. The zero-order chi connectivity index (χ0) is 8.39. The number of ether oxygens (including phenoxy) is 1. The van der Waals surface area contributed by atoms with Crippen LogP contribution in [-0.4, -0.2) is 24.7 Å². The summed E-state index contributed by atoms with van der Waals surface area (Å²) in [5.41, 5.74) is 0. The molecule has 0 aromatic carbocycles. The number of aromatic nitrogens is 1. The van der Waals surface area contributed by atoms with E-state index in [0.717, 1.165) is 18.9 Å². The third-order valence-electron chi connectivity index (χ3n) is 2.17. The first-order valence-electron chi connectivity index (χ1n) is 4.05. The summed E-state index contributed by atoms with van der Waals surface area (Å²) in [6, 6.07) is 0.227. The van der Waals surface area contributed by atoms with E-state index in [4.69, 9.17) is 9.15 Å². The van der Waals surface area contributed by atoms with Gasteiger partial charge in [-0.3, -0.25) is 0 Å². The predicted octanol–water partition coefficient (Wildman–Crippen LogP) is 0.724. The van der Waals surface area contributed by atoms with Crippen LogP contribution in [0.15, 0.2) is 16.9 Å². The summed E-state index contributed by atoms with van der Waals surface area (Å²) < 4.78 is 10.4. The summed E-state index contributed by atoms with van der Waals surface area (Å²) in [4.78, 5) is 4.08. The Morgan fingerprint density at radius 1 is 1.75 bits per heavy atom. The molecule has 1 fully saturated rings. The van der Waals surface area contributed by atoms with Crippen LogP contribution in [0.1, 0.15) is 18.4 Å². The molecular weight excluding hydrogens is 156 g/mol. The molecule has 0 amide bonds. The normalized spacial score (nSPS) is 29.4. The summed E-state index contributed by atoms with van der Waals surface area (Å²) in [7, 11) is 1.73. The van der Waals surface area contributed by atoms with E-state index in [0.29, 0.717) is 6.10 Å². The average molecular weight is 168 g/mol. The predicted molar refractivity (Wildman–Crippen MR) is 42.7 cm³/mol. The lowest BCUT2D eigenvalue weighted by Crippen LogP contribution is -2.16. The molecule has 1 aliphatic rings. The van der Waals surface area contributed by atoms with Crippen LogP contribution in [0.25, 0.3) is 0 Å². The second-order valence-corrected chi connectivity index (χ2v) is 2.92. The molecule has 0 unspecified atom stereocenters. The van der Waals surface area contributed by atoms with Crippen molar-refractivity contribution in [1.82, 2.24) is 10.3 Å². The van der Waals surface area contributed by atoms with Crippen LogP contribution in [0.2, 0.25) is 0 Å². The Kier molecular flexibility index (Phi) is 2.10. The van der Waals surface area contributed by atoms with Crippen LogP contribution in [0.4, 0.5) is 0 Å². The van der Waals surface area contributed by atoms with Gasteiger partial charge >= 0.3 is 0 Å². The molecule has 12 heavy (non-hydrogen) atoms. The van der Waals surface area contributed by atoms with Crippen molar-refractivity contribution in [1.29, 1.82) is 0 Å². The molecule has 1 saturated heterocycles. The van der Waals surface area contributed by atoms with Gasteiger partial charge in [0.05, 0.1) is 18.3 Å². The lowest BCUT2D eigenvalue weighted by Gasteiger charge is -2.04. The summed E-state index contributed by atoms with van der Waals surface area (Å²) in [6.07, 6.45) is 4.49. The van der Waals surface area contributed by atoms with E-state index in [1.54, 1.807) is 19.6 Å². The molecule has 1 aromatic rings. The number of hydrogen-bond acceptors (Lipinski definition) is 4. The van der Waals surface area contributed by atoms with Gasteiger partial charge in [-0.2, -0.15) is 0 Å². The maximum atomic E-state index is 5.21. The van der Waals surface area contributed by atoms with Crippen molar-refractivity contribution in [2.24, 2.45) is 0 Å². The van der Waals surface area contributed by atoms with E-state index in [1.165, 1.54) is 0 Å². The third kappa shape index (κ3) is 1.35. The van der Waals surface area contributed by atoms with Crippen LogP contribution < -0.4 is 5.32 Å². The zero-order valence-electron chi connectivity index (χ0n) is 6.99. The molecule has 1 aliphatic heterocycles. The van der Waals surface area contributed by atoms with Gasteiger partial charge in [-0.05, 0) is 6.42 Å². The molecule has 0 saturated carbocycles. The molecule has 0 bridgehead atoms. The second kappa shape index (κ2) is 3.25. The maximum absolute atomic E-state index is 5.21. The van der Waals surface area contributed by atoms with Gasteiger partial charge in [0.2, 0.25) is 5.89 Å². The Labute approximate surface area is 70.9 Å². The van der Waals surface area contributed by atoms with Crippen LogP contribution in [0, 0.1) is 0 Å². The largest absolute Gasteiger partial charge is 0.447 e. The zero-order valence-corrected chi connectivity index (χ0v) is 6.99. The molecule has 0 aliphatic carbocycles. The first-order chi connectivity index (χ1) is 5.90. The lowest BCUT2D eigenvalue weighted by molar-refractivity contribution is 0.116. The van der Waals surface area contributed by atoms with Crippen LogP contribution in [-0.2, 0) is 4.74 Å². The topological polar surface area (TPSA) is 47.3 Å². The molecule has 1 N–H and O–H groups in total. The van der Waals surface area contributed by atoms with E-state index in [1.807, 2.05) is 0 Å². The fraction of sp³-hybridized carbons (Fsp3) is 0.625. The molecule has 1 aromatic heterocycles. The minimum atomic E-state index is 0.227. The highest BCUT2D eigenvalue weighted by atomic mass is 16.5. The monoisotopic (exact) mass is 168 g/mol. The highest BCUT2D eigenvalue weighted by molar-refractivity contribution is 4.95. The van der Waals surface area contributed by atoms with Crippen molar-refractivity contribution in [3.05, 3.63) is 18.4 Å². The average Bonchev–Trinajstić information content (AvgIpc) is 2.75. The van der Waals surface area contributed by atoms with Crippen LogP contribution in [0.5, 0.6) is 0 Å². The van der Waals surface area contributed by atoms with Gasteiger partial charge in [-0.1, -0.05) is 0 Å². The number of rotatable bonds is 2. The van der Waals surface area contributed by atoms with Crippen LogP contribution in [0.3, 0.4) is 0 Å². The van der Waals surface area contributed by atoms with Gasteiger partial charge in [0.15, 0.2) is 0 Å². The van der Waals surface area contributed by atoms with E-state index >= 15 is 0 Å². The second-order valence-electron chi connectivity index (χ2n) is 2.92. The van der Waals surface area contributed by atoms with Crippen LogP contribution >= 0.6 is 0 Å². The number of hydrogen-bond donors (Lipinski definition) is 1. The quantitative estimate of drug-likeness (QED) is 0.707. The van der Waals surface area contributed by atoms with Gasteiger partial charge in [-0.15, -0.1) is 0 Å². The van der Waals surface area contributed by atoms with Crippen molar-refractivity contribution in [2.75, 3.05) is 13.7 Å². The molecule has 0 spiro atoms. The number of methoxy groups -OCH3 is 1. The maximum Gasteiger partial charge on any atom is 0.211 e. The molecule has 4 nitrogen and oxygen atoms in total. The molecule has 2 heterocycles. The molecule has 2 rings (SSSR count). The fourth-order valence-corrected chi connectivity index (χ4v) is 1.48. The molecule has 2 atom stereocenters. The van der Waals surface area contributed by atoms with Crippen molar-refractivity contribution in [3.63, 3.8) is 0 Å². The summed E-state index contributed by atoms with van der Waals surface area (Å²) in [5, 5.41) is 3.28. The number of oxazole rings is 1. The number of nitrogens with one attached hydrogen (secondary N) is 1. The van der Waals surface area contributed by atoms with Crippen molar-refractivity contribution in [3.8, 4) is 0 Å². The first-order valence-corrected chi connectivity index (χ1v) is 4.05. The van der Waals surface area contributed by atoms with Gasteiger partial charge in [0.25, 0.3) is 0 Å². The highest BCUT2D eigenvalue weighted by Crippen LogP contribution is 2.22. The van der Waals surface area contributed by atoms with Gasteiger partial charge in [0, 0.05) is 13.7 Å². The Balaban J connectivity index is 2.00.